The van der Waals surface area contributed by atoms with Gasteiger partial charge in [-0.2, -0.15) is 0 Å². The summed E-state index contributed by atoms with van der Waals surface area (Å²) in [6.07, 6.45) is -0.299. The zero-order chi connectivity index (χ0) is 24.0. The molecule has 3 aromatic rings. The number of hydrogen-bond acceptors (Lipinski definition) is 3. The number of rotatable bonds is 10. The Kier molecular flexibility index (Phi) is 8.10. The molecule has 0 unspecified atom stereocenters. The number of carbonyl (C=O) groups is 1. The lowest BCUT2D eigenvalue weighted by molar-refractivity contribution is 0.0792. The van der Waals surface area contributed by atoms with Crippen LogP contribution in [0.1, 0.15) is 29.1 Å². The van der Waals surface area contributed by atoms with Crippen LogP contribution in [0.15, 0.2) is 60.7 Å². The van der Waals surface area contributed by atoms with Crippen LogP contribution in [0.25, 0.3) is 11.3 Å². The van der Waals surface area contributed by atoms with Gasteiger partial charge in [-0.25, -0.2) is 4.39 Å². The van der Waals surface area contributed by atoms with Crippen molar-refractivity contribution < 1.29 is 18.7 Å². The molecule has 1 aromatic heterocycles. The second kappa shape index (κ2) is 10.8. The summed E-state index contributed by atoms with van der Waals surface area (Å²) in [5.41, 5.74) is 2.21. The molecule has 1 heterocycles. The molecule has 1 atom stereocenters. The van der Waals surface area contributed by atoms with E-state index >= 15 is 0 Å². The van der Waals surface area contributed by atoms with E-state index in [2.05, 4.69) is 25.0 Å². The molecule has 1 amide bonds. The number of hydrogen-bond donors (Lipinski definition) is 1. The quantitative estimate of drug-likeness (QED) is 0.289. The van der Waals surface area contributed by atoms with Crippen molar-refractivity contribution in [1.82, 2.24) is 9.88 Å². The molecule has 5 nitrogen and oxygen atoms in total. The molecule has 3 rings (SSSR count). The maximum Gasteiger partial charge on any atom is 0.271 e. The Morgan fingerprint density at radius 2 is 1.76 bits per heavy atom. The van der Waals surface area contributed by atoms with Gasteiger partial charge in [0.2, 0.25) is 0 Å². The maximum absolute atomic E-state index is 14.8. The highest BCUT2D eigenvalue weighted by molar-refractivity contribution is 6.76. The summed E-state index contributed by atoms with van der Waals surface area (Å²) in [4.78, 5) is 12.9. The van der Waals surface area contributed by atoms with Crippen molar-refractivity contribution in [2.75, 3.05) is 13.7 Å². The lowest BCUT2D eigenvalue weighted by Gasteiger charge is -2.18. The predicted octanol–water partition coefficient (Wildman–Crippen LogP) is 6.11. The zero-order valence-corrected chi connectivity index (χ0v) is 21.0. The molecule has 0 saturated heterocycles. The smallest absolute Gasteiger partial charge is 0.271 e. The molecular weight excluding hydrogens is 435 g/mol. The number of benzene rings is 2. The normalized spacial score (nSPS) is 12.4. The Bertz CT molecular complexity index is 1080. The minimum absolute atomic E-state index is 0.125. The van der Waals surface area contributed by atoms with Gasteiger partial charge in [0, 0.05) is 33.4 Å². The summed E-state index contributed by atoms with van der Waals surface area (Å²) in [7, 11) is 0.292. The van der Waals surface area contributed by atoms with Crippen LogP contribution in [0.2, 0.25) is 25.7 Å². The highest BCUT2D eigenvalue weighted by atomic mass is 28.3. The molecule has 176 valence electrons. The van der Waals surface area contributed by atoms with E-state index in [9.17, 15) is 9.18 Å². The molecule has 2 aromatic carbocycles. The van der Waals surface area contributed by atoms with Crippen molar-refractivity contribution in [3.05, 3.63) is 77.7 Å². The molecule has 0 spiro atoms. The molecule has 0 fully saturated rings. The van der Waals surface area contributed by atoms with E-state index in [0.717, 1.165) is 11.6 Å². The van der Waals surface area contributed by atoms with Gasteiger partial charge >= 0.3 is 0 Å². The number of halogens is 1. The number of carbonyl (C=O) groups excluding carboxylic acids is 1. The summed E-state index contributed by atoms with van der Waals surface area (Å²) in [5.74, 6) is -0.302. The van der Waals surface area contributed by atoms with Crippen LogP contribution in [-0.2, 0) is 11.5 Å². The van der Waals surface area contributed by atoms with Crippen LogP contribution in [0.4, 0.5) is 4.39 Å². The highest BCUT2D eigenvalue weighted by Crippen LogP contribution is 2.35. The minimum Gasteiger partial charge on any atom is -0.484 e. The van der Waals surface area contributed by atoms with Gasteiger partial charge in [-0.3, -0.25) is 4.79 Å². The van der Waals surface area contributed by atoms with E-state index in [1.165, 1.54) is 6.07 Å². The molecule has 0 aliphatic heterocycles. The van der Waals surface area contributed by atoms with Crippen LogP contribution in [-0.4, -0.2) is 32.2 Å². The Hall–Kier alpha value is -2.90. The second-order valence-electron chi connectivity index (χ2n) is 9.25. The van der Waals surface area contributed by atoms with Crippen LogP contribution in [0, 0.1) is 5.82 Å². The Balaban J connectivity index is 2.03. The first kappa shape index (κ1) is 24.7. The van der Waals surface area contributed by atoms with E-state index in [1.807, 2.05) is 37.3 Å². The monoisotopic (exact) mass is 468 g/mol. The van der Waals surface area contributed by atoms with E-state index in [1.54, 1.807) is 35.9 Å². The fourth-order valence-electron chi connectivity index (χ4n) is 3.51. The fraction of sp³-hybridized carbons (Fsp3) is 0.346. The fourth-order valence-corrected chi connectivity index (χ4v) is 4.27. The number of ether oxygens (including phenoxy) is 2. The van der Waals surface area contributed by atoms with Crippen LogP contribution in [0.5, 0.6) is 5.75 Å². The lowest BCUT2D eigenvalue weighted by atomic mass is 10.1. The first-order valence-electron chi connectivity index (χ1n) is 11.2. The molecule has 33 heavy (non-hydrogen) atoms. The number of nitrogens with one attached hydrogen (secondary N) is 1. The van der Waals surface area contributed by atoms with Crippen molar-refractivity contribution in [3.8, 4) is 17.0 Å². The molecule has 0 radical (unpaired) electrons. The third-order valence-electron chi connectivity index (χ3n) is 5.44. The SMILES string of the molecule is CNC(=O)c1c(O[C@@H](C)c2ccccc2)cc(-c2ccccc2F)n1COCC[Si](C)(C)C. The van der Waals surface area contributed by atoms with E-state index in [0.29, 0.717) is 29.3 Å². The van der Waals surface area contributed by atoms with Crippen LogP contribution in [0.3, 0.4) is 0 Å². The highest BCUT2D eigenvalue weighted by Gasteiger charge is 2.26. The summed E-state index contributed by atoms with van der Waals surface area (Å²) in [6.45, 7) is 9.47. The predicted molar refractivity (Wildman–Crippen MR) is 133 cm³/mol. The van der Waals surface area contributed by atoms with Crippen molar-refractivity contribution in [1.29, 1.82) is 0 Å². The van der Waals surface area contributed by atoms with Gasteiger partial charge in [0.25, 0.3) is 5.91 Å². The minimum atomic E-state index is -1.28. The first-order valence-corrected chi connectivity index (χ1v) is 14.9. The Morgan fingerprint density at radius 3 is 2.39 bits per heavy atom. The van der Waals surface area contributed by atoms with Gasteiger partial charge < -0.3 is 19.4 Å². The van der Waals surface area contributed by atoms with Gasteiger partial charge in [0.1, 0.15) is 18.7 Å². The van der Waals surface area contributed by atoms with Gasteiger partial charge in [-0.15, -0.1) is 0 Å². The summed E-state index contributed by atoms with van der Waals surface area (Å²) < 4.78 is 28.7. The standard InChI is InChI=1S/C26H33FN2O3Si/c1-19(20-11-7-6-8-12-20)32-24-17-23(21-13-9-10-14-22(21)27)29(25(24)26(30)28-2)18-31-15-16-33(3,4)5/h6-14,17,19H,15-16,18H2,1-5H3,(H,28,30)/t19-/m0/s1. The van der Waals surface area contributed by atoms with Crippen molar-refractivity contribution in [2.24, 2.45) is 0 Å². The average Bonchev–Trinajstić information content (AvgIpc) is 3.14. The third kappa shape index (κ3) is 6.33. The molecule has 1 N–H and O–H groups in total. The first-order chi connectivity index (χ1) is 15.7. The van der Waals surface area contributed by atoms with Crippen molar-refractivity contribution >= 4 is 14.0 Å². The number of aromatic nitrogens is 1. The van der Waals surface area contributed by atoms with Gasteiger partial charge in [0.15, 0.2) is 11.4 Å². The largest absolute Gasteiger partial charge is 0.484 e. The molecule has 0 saturated carbocycles. The molecule has 0 aliphatic rings. The number of nitrogens with zero attached hydrogens (tertiary/aromatic N) is 1. The van der Waals surface area contributed by atoms with E-state index < -0.39 is 8.07 Å². The lowest BCUT2D eigenvalue weighted by Crippen LogP contribution is -2.25. The summed E-state index contributed by atoms with van der Waals surface area (Å²) >= 11 is 0. The van der Waals surface area contributed by atoms with Gasteiger partial charge in [-0.1, -0.05) is 62.1 Å². The molecular formula is C26H33FN2O3Si. The average molecular weight is 469 g/mol. The molecule has 0 bridgehead atoms. The van der Waals surface area contributed by atoms with E-state index in [4.69, 9.17) is 9.47 Å². The van der Waals surface area contributed by atoms with Crippen molar-refractivity contribution in [2.45, 2.75) is 45.4 Å². The van der Waals surface area contributed by atoms with Gasteiger partial charge in [-0.05, 0) is 30.7 Å². The van der Waals surface area contributed by atoms with E-state index in [-0.39, 0.29) is 24.6 Å². The summed E-state index contributed by atoms with van der Waals surface area (Å²) in [6, 6.07) is 19.0. The van der Waals surface area contributed by atoms with Gasteiger partial charge in [0.05, 0.1) is 5.69 Å². The van der Waals surface area contributed by atoms with Crippen LogP contribution >= 0.6 is 0 Å². The molecule has 0 aliphatic carbocycles. The third-order valence-corrected chi connectivity index (χ3v) is 7.15. The zero-order valence-electron chi connectivity index (χ0n) is 20.0. The maximum atomic E-state index is 14.8. The summed E-state index contributed by atoms with van der Waals surface area (Å²) in [5, 5.41) is 2.69. The number of amides is 1. The second-order valence-corrected chi connectivity index (χ2v) is 14.9. The Morgan fingerprint density at radius 1 is 1.09 bits per heavy atom. The topological polar surface area (TPSA) is 52.5 Å². The molecule has 7 heteroatoms. The Labute approximate surface area is 196 Å². The van der Waals surface area contributed by atoms with Crippen LogP contribution < -0.4 is 10.1 Å². The van der Waals surface area contributed by atoms with Crippen molar-refractivity contribution in [3.63, 3.8) is 0 Å².